The van der Waals surface area contributed by atoms with E-state index >= 15 is 0 Å². The Morgan fingerprint density at radius 3 is 1.10 bits per heavy atom. The molecule has 12 rings (SSSR count). The number of nitrogens with zero attached hydrogens (tertiary/aromatic N) is 2. The van der Waals surface area contributed by atoms with Crippen LogP contribution in [0.15, 0.2) is 227 Å². The van der Waals surface area contributed by atoms with Crippen LogP contribution in [0.5, 0.6) is 0 Å². The van der Waals surface area contributed by atoms with Gasteiger partial charge in [0.1, 0.15) is 22.3 Å². The summed E-state index contributed by atoms with van der Waals surface area (Å²) in [5.74, 6) is 0.619. The van der Waals surface area contributed by atoms with Gasteiger partial charge in [0, 0.05) is 49.4 Å². The van der Waals surface area contributed by atoms with E-state index in [4.69, 9.17) is 18.8 Å². The number of benzene rings is 9. The van der Waals surface area contributed by atoms with Crippen LogP contribution in [0.2, 0.25) is 0 Å². The van der Waals surface area contributed by atoms with Crippen LogP contribution in [0.3, 0.4) is 0 Å². The molecule has 0 saturated heterocycles. The molecule has 0 N–H and O–H groups in total. The minimum atomic E-state index is 0.619. The SMILES string of the molecule is c1ccc(-c2ccc(-c3cc(-c4ccc(-c5ccccc5)cc4)nc(-c4cc(-c5cccc6c5oc5ccccc56)cc(-c5cccc6c5oc5ccccc56)c4)n3)cc2)cc1. The first-order valence-electron chi connectivity index (χ1n) is 20.9. The van der Waals surface area contributed by atoms with Crippen molar-refractivity contribution >= 4 is 43.9 Å². The van der Waals surface area contributed by atoms with Gasteiger partial charge in [0.25, 0.3) is 0 Å². The first-order valence-corrected chi connectivity index (χ1v) is 20.9. The molecule has 0 radical (unpaired) electrons. The van der Waals surface area contributed by atoms with Gasteiger partial charge in [-0.3, -0.25) is 0 Å². The van der Waals surface area contributed by atoms with Crippen LogP contribution < -0.4 is 0 Å². The maximum Gasteiger partial charge on any atom is 0.160 e. The molecule has 0 unspecified atom stereocenters. The highest BCUT2D eigenvalue weighted by molar-refractivity contribution is 6.11. The summed E-state index contributed by atoms with van der Waals surface area (Å²) in [6.07, 6.45) is 0. The fraction of sp³-hybridized carbons (Fsp3) is 0. The zero-order valence-corrected chi connectivity index (χ0v) is 33.5. The topological polar surface area (TPSA) is 52.1 Å². The Bertz CT molecular complexity index is 3370. The van der Waals surface area contributed by atoms with E-state index in [9.17, 15) is 0 Å². The molecule has 0 atom stereocenters. The Hall–Kier alpha value is -8.34. The molecular weight excluding hydrogens is 757 g/mol. The van der Waals surface area contributed by atoms with Gasteiger partial charge in [-0.05, 0) is 69.8 Å². The predicted molar refractivity (Wildman–Crippen MR) is 255 cm³/mol. The van der Waals surface area contributed by atoms with Crippen LogP contribution in [-0.2, 0) is 0 Å². The van der Waals surface area contributed by atoms with Gasteiger partial charge in [-0.15, -0.1) is 0 Å². The third-order valence-electron chi connectivity index (χ3n) is 11.9. The Balaban J connectivity index is 1.08. The smallest absolute Gasteiger partial charge is 0.160 e. The van der Waals surface area contributed by atoms with Gasteiger partial charge in [0.05, 0.1) is 11.4 Å². The summed E-state index contributed by atoms with van der Waals surface area (Å²) < 4.78 is 13.3. The summed E-state index contributed by atoms with van der Waals surface area (Å²) in [6, 6.07) is 76.2. The predicted octanol–water partition coefficient (Wildman–Crippen LogP) is 15.9. The average Bonchev–Trinajstić information content (AvgIpc) is 3.93. The summed E-state index contributed by atoms with van der Waals surface area (Å²) in [4.78, 5) is 10.7. The summed E-state index contributed by atoms with van der Waals surface area (Å²) in [5, 5.41) is 4.32. The van der Waals surface area contributed by atoms with Crippen molar-refractivity contribution in [2.75, 3.05) is 0 Å². The highest BCUT2D eigenvalue weighted by Gasteiger charge is 2.19. The van der Waals surface area contributed by atoms with Crippen molar-refractivity contribution in [2.45, 2.75) is 0 Å². The molecule has 0 amide bonds. The molecule has 0 bridgehead atoms. The monoisotopic (exact) mass is 792 g/mol. The van der Waals surface area contributed by atoms with Crippen molar-refractivity contribution in [2.24, 2.45) is 0 Å². The first kappa shape index (κ1) is 35.6. The van der Waals surface area contributed by atoms with Gasteiger partial charge in [0.15, 0.2) is 5.82 Å². The molecule has 9 aromatic carbocycles. The minimum Gasteiger partial charge on any atom is -0.455 e. The maximum atomic E-state index is 6.63. The van der Waals surface area contributed by atoms with Gasteiger partial charge in [-0.1, -0.05) is 182 Å². The van der Waals surface area contributed by atoms with Crippen LogP contribution in [0.1, 0.15) is 0 Å². The molecule has 3 aromatic heterocycles. The normalized spacial score (nSPS) is 11.5. The number of fused-ring (bicyclic) bond motifs is 6. The van der Waals surface area contributed by atoms with Crippen LogP contribution in [0, 0.1) is 0 Å². The third-order valence-corrected chi connectivity index (χ3v) is 11.9. The Morgan fingerprint density at radius 2 is 0.629 bits per heavy atom. The summed E-state index contributed by atoms with van der Waals surface area (Å²) in [5.41, 5.74) is 16.6. The highest BCUT2D eigenvalue weighted by atomic mass is 16.3. The number of hydrogen-bond donors (Lipinski definition) is 0. The van der Waals surface area contributed by atoms with Crippen molar-refractivity contribution < 1.29 is 8.83 Å². The minimum absolute atomic E-state index is 0.619. The van der Waals surface area contributed by atoms with Crippen molar-refractivity contribution in [1.29, 1.82) is 0 Å². The number of para-hydroxylation sites is 4. The van der Waals surface area contributed by atoms with E-state index in [1.807, 2.05) is 36.4 Å². The van der Waals surface area contributed by atoms with E-state index in [1.54, 1.807) is 0 Å². The van der Waals surface area contributed by atoms with E-state index in [2.05, 4.69) is 182 Å². The summed E-state index contributed by atoms with van der Waals surface area (Å²) in [6.45, 7) is 0. The van der Waals surface area contributed by atoms with Crippen LogP contribution in [-0.4, -0.2) is 9.97 Å². The zero-order chi connectivity index (χ0) is 41.0. The standard InChI is InChI=1S/C58H36N2O2/c1-3-13-37(14-4-1)39-25-29-41(30-26-39)52-36-53(42-31-27-40(28-32-42)38-15-5-2-6-16-38)60-58(59-52)45-34-43(46-19-11-21-50-48-17-7-9-23-54(48)61-56(46)50)33-44(35-45)47-20-12-22-51-49-18-8-10-24-55(49)62-57(47)51/h1-36H. The lowest BCUT2D eigenvalue weighted by molar-refractivity contribution is 0.670. The Labute approximate surface area is 358 Å². The second-order valence-electron chi connectivity index (χ2n) is 15.7. The lowest BCUT2D eigenvalue weighted by Crippen LogP contribution is -1.97. The molecule has 4 heteroatoms. The van der Waals surface area contributed by atoms with Gasteiger partial charge in [0.2, 0.25) is 0 Å². The van der Waals surface area contributed by atoms with E-state index in [-0.39, 0.29) is 0 Å². The number of aromatic nitrogens is 2. The molecule has 12 aromatic rings. The van der Waals surface area contributed by atoms with E-state index in [0.717, 1.165) is 105 Å². The quantitative estimate of drug-likeness (QED) is 0.161. The van der Waals surface area contributed by atoms with Crippen molar-refractivity contribution in [3.8, 4) is 78.4 Å². The number of hydrogen-bond acceptors (Lipinski definition) is 4. The zero-order valence-electron chi connectivity index (χ0n) is 33.5. The molecule has 0 spiro atoms. The average molecular weight is 793 g/mol. The second kappa shape index (κ2) is 14.7. The number of rotatable bonds is 7. The molecule has 0 aliphatic carbocycles. The van der Waals surface area contributed by atoms with E-state index in [0.29, 0.717) is 5.82 Å². The van der Waals surface area contributed by atoms with Crippen LogP contribution in [0.4, 0.5) is 0 Å². The first-order chi connectivity index (χ1) is 30.7. The van der Waals surface area contributed by atoms with Gasteiger partial charge < -0.3 is 8.83 Å². The van der Waals surface area contributed by atoms with Crippen molar-refractivity contribution in [3.05, 3.63) is 218 Å². The van der Waals surface area contributed by atoms with Crippen LogP contribution in [0.25, 0.3) is 122 Å². The highest BCUT2D eigenvalue weighted by Crippen LogP contribution is 2.42. The van der Waals surface area contributed by atoms with E-state index < -0.39 is 0 Å². The second-order valence-corrected chi connectivity index (χ2v) is 15.7. The van der Waals surface area contributed by atoms with Gasteiger partial charge in [-0.25, -0.2) is 9.97 Å². The third kappa shape index (κ3) is 6.25. The molecule has 4 nitrogen and oxygen atoms in total. The van der Waals surface area contributed by atoms with E-state index in [1.165, 1.54) is 11.1 Å². The Kier molecular flexibility index (Phi) is 8.46. The number of furan rings is 2. The molecule has 0 fully saturated rings. The summed E-state index contributed by atoms with van der Waals surface area (Å²) >= 11 is 0. The summed E-state index contributed by atoms with van der Waals surface area (Å²) in [7, 11) is 0. The maximum absolute atomic E-state index is 6.63. The molecule has 0 saturated carbocycles. The molecule has 3 heterocycles. The molecule has 290 valence electrons. The van der Waals surface area contributed by atoms with Crippen molar-refractivity contribution in [3.63, 3.8) is 0 Å². The molecule has 62 heavy (non-hydrogen) atoms. The van der Waals surface area contributed by atoms with Crippen LogP contribution >= 0.6 is 0 Å². The van der Waals surface area contributed by atoms with Gasteiger partial charge >= 0.3 is 0 Å². The Morgan fingerprint density at radius 1 is 0.258 bits per heavy atom. The lowest BCUT2D eigenvalue weighted by Gasteiger charge is -2.14. The molecule has 0 aliphatic rings. The fourth-order valence-electron chi connectivity index (χ4n) is 8.82. The van der Waals surface area contributed by atoms with Gasteiger partial charge in [-0.2, -0.15) is 0 Å². The molecular formula is C58H36N2O2. The van der Waals surface area contributed by atoms with Crippen molar-refractivity contribution in [1.82, 2.24) is 9.97 Å². The molecule has 0 aliphatic heterocycles. The largest absolute Gasteiger partial charge is 0.455 e. The lowest BCUT2D eigenvalue weighted by atomic mass is 9.93. The fourth-order valence-corrected chi connectivity index (χ4v) is 8.82.